The first-order valence-electron chi connectivity index (χ1n) is 11.4. The first kappa shape index (κ1) is 31.0. The second-order valence-corrected chi connectivity index (χ2v) is 10.1. The summed E-state index contributed by atoms with van der Waals surface area (Å²) in [5.74, 6) is -4.22. The molecular formula is C23H30BrClO12. The third-order valence-electron chi connectivity index (χ3n) is 5.64. The summed E-state index contributed by atoms with van der Waals surface area (Å²) in [6, 6.07) is 0. The minimum atomic E-state index is -1.34. The Morgan fingerprint density at radius 3 is 1.76 bits per heavy atom. The molecular weight excluding hydrogens is 584 g/mol. The van der Waals surface area contributed by atoms with Crippen molar-refractivity contribution in [2.24, 2.45) is 5.92 Å². The number of carbonyl (C=O) groups is 5. The zero-order valence-electron chi connectivity index (χ0n) is 20.9. The average molecular weight is 614 g/mol. The van der Waals surface area contributed by atoms with E-state index in [9.17, 15) is 29.1 Å². The van der Waals surface area contributed by atoms with Gasteiger partial charge in [0.05, 0.1) is 6.10 Å². The average Bonchev–Trinajstić information content (AvgIpc) is 2.75. The van der Waals surface area contributed by atoms with E-state index in [1.165, 1.54) is 19.9 Å². The molecule has 0 aromatic carbocycles. The van der Waals surface area contributed by atoms with Crippen molar-refractivity contribution in [3.05, 3.63) is 11.1 Å². The lowest BCUT2D eigenvalue weighted by Gasteiger charge is -2.46. The van der Waals surface area contributed by atoms with E-state index in [1.54, 1.807) is 0 Å². The van der Waals surface area contributed by atoms with Crippen LogP contribution in [0.4, 0.5) is 0 Å². The van der Waals surface area contributed by atoms with Gasteiger partial charge in [0, 0.05) is 50.4 Å². The lowest BCUT2D eigenvalue weighted by Crippen LogP contribution is -2.63. The minimum absolute atomic E-state index is 0.0231. The van der Waals surface area contributed by atoms with Gasteiger partial charge in [-0.25, -0.2) is 0 Å². The van der Waals surface area contributed by atoms with Gasteiger partial charge in [0.25, 0.3) is 0 Å². The van der Waals surface area contributed by atoms with Crippen molar-refractivity contribution >= 4 is 57.4 Å². The molecule has 14 heteroatoms. The van der Waals surface area contributed by atoms with Crippen LogP contribution in [-0.4, -0.2) is 89.1 Å². The molecule has 0 amide bonds. The fourth-order valence-electron chi connectivity index (χ4n) is 4.33. The monoisotopic (exact) mass is 612 g/mol. The molecule has 0 aromatic rings. The molecule has 1 aliphatic heterocycles. The molecule has 9 atom stereocenters. The predicted octanol–water partition coefficient (Wildman–Crippen LogP) is 1.31. The van der Waals surface area contributed by atoms with Crippen LogP contribution in [0.3, 0.4) is 0 Å². The number of hydrogen-bond donors (Lipinski definition) is 1. The van der Waals surface area contributed by atoms with Gasteiger partial charge in [-0.15, -0.1) is 0 Å². The van der Waals surface area contributed by atoms with E-state index >= 15 is 0 Å². The van der Waals surface area contributed by atoms with E-state index in [2.05, 4.69) is 15.9 Å². The van der Waals surface area contributed by atoms with Gasteiger partial charge < -0.3 is 33.5 Å². The minimum Gasteiger partial charge on any atom is -0.463 e. The molecule has 0 aromatic heterocycles. The molecule has 37 heavy (non-hydrogen) atoms. The van der Waals surface area contributed by atoms with Crippen molar-refractivity contribution in [2.75, 3.05) is 6.61 Å². The number of hydrogen-bond acceptors (Lipinski definition) is 12. The maximum atomic E-state index is 12.0. The zero-order valence-corrected chi connectivity index (χ0v) is 23.2. The number of halogens is 2. The summed E-state index contributed by atoms with van der Waals surface area (Å²) in [7, 11) is 0. The summed E-state index contributed by atoms with van der Waals surface area (Å²) in [5.41, 5.74) is 0. The van der Waals surface area contributed by atoms with Crippen LogP contribution in [0, 0.1) is 5.92 Å². The molecule has 2 rings (SSSR count). The van der Waals surface area contributed by atoms with Gasteiger partial charge in [0.15, 0.2) is 18.3 Å². The number of rotatable bonds is 8. The van der Waals surface area contributed by atoms with Gasteiger partial charge >= 0.3 is 29.8 Å². The van der Waals surface area contributed by atoms with E-state index in [1.807, 2.05) is 0 Å². The van der Waals surface area contributed by atoms with Gasteiger partial charge in [-0.05, 0) is 6.42 Å². The van der Waals surface area contributed by atoms with Crippen molar-refractivity contribution in [3.8, 4) is 0 Å². The lowest BCUT2D eigenvalue weighted by atomic mass is 9.81. The Bertz CT molecular complexity index is 923. The quantitative estimate of drug-likeness (QED) is 0.238. The van der Waals surface area contributed by atoms with Crippen molar-refractivity contribution in [2.45, 2.75) is 88.6 Å². The number of carbonyl (C=O) groups excluding carboxylic acids is 5. The molecule has 1 heterocycles. The third-order valence-corrected chi connectivity index (χ3v) is 6.93. The Morgan fingerprint density at radius 1 is 0.811 bits per heavy atom. The van der Waals surface area contributed by atoms with Crippen LogP contribution in [-0.2, 0) is 52.4 Å². The van der Waals surface area contributed by atoms with E-state index in [4.69, 9.17) is 40.0 Å². The number of allylic oxidation sites excluding steroid dienone is 1. The van der Waals surface area contributed by atoms with Crippen molar-refractivity contribution in [1.29, 1.82) is 0 Å². The first-order chi connectivity index (χ1) is 17.2. The standard InChI is InChI=1S/C23H30BrClO12/c1-9(26)32-8-18-22(35-12(4)29)23(36-13(5)30)21(34-11(3)28)17(37-18)6-14-15(24)7-16(25)19(31)20(14)33-10(2)27/h7,14-15,17-23,31H,6,8H2,1-5H3/t14-,15+,17-,18-,19-,20-,21-,22-,23-/m1/s1. The normalized spacial score (nSPS) is 33.4. The van der Waals surface area contributed by atoms with Crippen molar-refractivity contribution in [1.82, 2.24) is 0 Å². The fourth-order valence-corrected chi connectivity index (χ4v) is 5.54. The molecule has 1 saturated heterocycles. The van der Waals surface area contributed by atoms with Gasteiger partial charge in [-0.2, -0.15) is 0 Å². The molecule has 0 bridgehead atoms. The van der Waals surface area contributed by atoms with Gasteiger partial charge in [0.2, 0.25) is 0 Å². The number of aliphatic hydroxyl groups excluding tert-OH is 1. The Hall–Kier alpha value is -2.22. The van der Waals surface area contributed by atoms with E-state index < -0.39 is 83.3 Å². The Kier molecular flexibility index (Phi) is 11.3. The van der Waals surface area contributed by atoms with Crippen molar-refractivity contribution < 1.29 is 57.5 Å². The molecule has 0 unspecified atom stereocenters. The topological polar surface area (TPSA) is 161 Å². The number of alkyl halides is 1. The second-order valence-electron chi connectivity index (χ2n) is 8.65. The highest BCUT2D eigenvalue weighted by atomic mass is 79.9. The molecule has 0 spiro atoms. The molecule has 0 saturated carbocycles. The third kappa shape index (κ3) is 8.66. The van der Waals surface area contributed by atoms with E-state index in [0.29, 0.717) is 0 Å². The number of aliphatic hydroxyl groups is 1. The van der Waals surface area contributed by atoms with Crippen LogP contribution in [0.1, 0.15) is 41.0 Å². The highest BCUT2D eigenvalue weighted by molar-refractivity contribution is 9.09. The Balaban J connectivity index is 2.53. The summed E-state index contributed by atoms with van der Waals surface area (Å²) >= 11 is 9.59. The highest BCUT2D eigenvalue weighted by Gasteiger charge is 2.54. The maximum Gasteiger partial charge on any atom is 0.303 e. The smallest absolute Gasteiger partial charge is 0.303 e. The summed E-state index contributed by atoms with van der Waals surface area (Å²) in [6.07, 6.45) is -7.03. The molecule has 208 valence electrons. The summed E-state index contributed by atoms with van der Waals surface area (Å²) in [4.78, 5) is 58.7. The highest BCUT2D eigenvalue weighted by Crippen LogP contribution is 2.40. The fraction of sp³-hybridized carbons (Fsp3) is 0.696. The second kappa shape index (κ2) is 13.5. The Morgan fingerprint density at radius 2 is 1.27 bits per heavy atom. The van der Waals surface area contributed by atoms with Crippen LogP contribution in [0.25, 0.3) is 0 Å². The van der Waals surface area contributed by atoms with Crippen LogP contribution in [0.5, 0.6) is 0 Å². The zero-order chi connectivity index (χ0) is 28.0. The maximum absolute atomic E-state index is 12.0. The lowest BCUT2D eigenvalue weighted by molar-refractivity contribution is -0.256. The van der Waals surface area contributed by atoms with Gasteiger partial charge in [-0.1, -0.05) is 33.6 Å². The van der Waals surface area contributed by atoms with E-state index in [0.717, 1.165) is 20.8 Å². The molecule has 2 aliphatic rings. The molecule has 1 N–H and O–H groups in total. The number of ether oxygens (including phenoxy) is 6. The van der Waals surface area contributed by atoms with Gasteiger partial charge in [-0.3, -0.25) is 24.0 Å². The van der Waals surface area contributed by atoms with Crippen molar-refractivity contribution in [3.63, 3.8) is 0 Å². The predicted molar refractivity (Wildman–Crippen MR) is 128 cm³/mol. The molecule has 1 aliphatic carbocycles. The molecule has 1 fully saturated rings. The van der Waals surface area contributed by atoms with Gasteiger partial charge in [0.1, 0.15) is 24.9 Å². The van der Waals surface area contributed by atoms with Crippen LogP contribution >= 0.6 is 27.5 Å². The van der Waals surface area contributed by atoms with Crippen LogP contribution in [0.15, 0.2) is 11.1 Å². The SMILES string of the molecule is CC(=O)OC[C@H]1O[C@H](C[C@H]2[C@@H](OC(C)=O)[C@H](O)C(Cl)=C[C@@H]2Br)[C@@H](OC(C)=O)[C@@H](OC(C)=O)[C@@H]1OC(C)=O. The molecule has 12 nitrogen and oxygen atoms in total. The first-order valence-corrected chi connectivity index (χ1v) is 12.7. The largest absolute Gasteiger partial charge is 0.463 e. The van der Waals surface area contributed by atoms with Crippen LogP contribution < -0.4 is 0 Å². The van der Waals surface area contributed by atoms with E-state index in [-0.39, 0.29) is 18.1 Å². The summed E-state index contributed by atoms with van der Waals surface area (Å²) in [5, 5.41) is 10.7. The summed E-state index contributed by atoms with van der Waals surface area (Å²) < 4.78 is 32.8. The number of esters is 5. The Labute approximate surface area is 227 Å². The van der Waals surface area contributed by atoms with Crippen LogP contribution in [0.2, 0.25) is 0 Å². The molecule has 0 radical (unpaired) electrons. The summed E-state index contributed by atoms with van der Waals surface area (Å²) in [6.45, 7) is 5.35.